The lowest BCUT2D eigenvalue weighted by Crippen LogP contribution is -1.99. The fourth-order valence-electron chi connectivity index (χ4n) is 1.23. The van der Waals surface area contributed by atoms with Crippen LogP contribution in [-0.2, 0) is 7.05 Å². The Morgan fingerprint density at radius 1 is 1.40 bits per heavy atom. The molecule has 0 saturated heterocycles. The molecule has 0 spiro atoms. The molecule has 2 heterocycles. The Morgan fingerprint density at radius 3 is 2.67 bits per heavy atom. The number of nitrogens with two attached hydrogens (primary N) is 1. The molecule has 2 N–H and O–H groups in total. The maximum atomic E-state index is 5.73. The van der Waals surface area contributed by atoms with Crippen molar-refractivity contribution in [2.45, 2.75) is 6.92 Å². The van der Waals surface area contributed by atoms with E-state index in [-0.39, 0.29) is 0 Å². The van der Waals surface area contributed by atoms with Crippen molar-refractivity contribution < 1.29 is 0 Å². The molecule has 0 aliphatic carbocycles. The van der Waals surface area contributed by atoms with Crippen LogP contribution < -0.4 is 5.73 Å². The molecule has 0 aliphatic rings. The van der Waals surface area contributed by atoms with Gasteiger partial charge in [-0.1, -0.05) is 0 Å². The molecule has 6 heteroatoms. The summed E-state index contributed by atoms with van der Waals surface area (Å²) in [6, 6.07) is 0. The van der Waals surface area contributed by atoms with Gasteiger partial charge in [0.05, 0.1) is 15.3 Å². The molecule has 0 radical (unpaired) electrons. The van der Waals surface area contributed by atoms with E-state index in [9.17, 15) is 0 Å². The molecule has 0 aliphatic heterocycles. The topological polar surface area (TPSA) is 69.6 Å². The minimum Gasteiger partial charge on any atom is -0.383 e. The van der Waals surface area contributed by atoms with E-state index >= 15 is 0 Å². The standard InChI is InChI=1S/C9H10IN5/c1-5-6(3-13-15(5)2)9-12-4-7(10)8(11)14-9/h3-4H,1-2H3,(H2,11,12,14). The lowest BCUT2D eigenvalue weighted by atomic mass is 10.2. The van der Waals surface area contributed by atoms with Gasteiger partial charge in [-0.05, 0) is 29.5 Å². The molecule has 5 nitrogen and oxygen atoms in total. The molecule has 0 amide bonds. The molecule has 15 heavy (non-hydrogen) atoms. The first-order valence-corrected chi connectivity index (χ1v) is 5.44. The number of aryl methyl sites for hydroxylation is 1. The summed E-state index contributed by atoms with van der Waals surface area (Å²) in [4.78, 5) is 8.45. The highest BCUT2D eigenvalue weighted by molar-refractivity contribution is 14.1. The Hall–Kier alpha value is -1.18. The summed E-state index contributed by atoms with van der Waals surface area (Å²) in [6.45, 7) is 1.97. The number of anilines is 1. The van der Waals surface area contributed by atoms with E-state index in [1.54, 1.807) is 17.1 Å². The Kier molecular flexibility index (Phi) is 2.59. The van der Waals surface area contributed by atoms with Gasteiger partial charge in [0.15, 0.2) is 5.82 Å². The second kappa shape index (κ2) is 3.76. The second-order valence-electron chi connectivity index (χ2n) is 3.19. The predicted molar refractivity (Wildman–Crippen MR) is 66.1 cm³/mol. The van der Waals surface area contributed by atoms with E-state index < -0.39 is 0 Å². The summed E-state index contributed by atoms with van der Waals surface area (Å²) < 4.78 is 2.64. The average molecular weight is 315 g/mol. The van der Waals surface area contributed by atoms with Crippen LogP contribution in [-0.4, -0.2) is 19.7 Å². The maximum Gasteiger partial charge on any atom is 0.165 e. The molecule has 2 aromatic heterocycles. The van der Waals surface area contributed by atoms with Gasteiger partial charge in [-0.15, -0.1) is 0 Å². The Bertz CT molecular complexity index is 505. The van der Waals surface area contributed by atoms with Gasteiger partial charge in [0, 0.05) is 18.9 Å². The normalized spacial score (nSPS) is 10.6. The number of hydrogen-bond acceptors (Lipinski definition) is 4. The molecule has 0 aromatic carbocycles. The van der Waals surface area contributed by atoms with Crippen LogP contribution >= 0.6 is 22.6 Å². The van der Waals surface area contributed by atoms with E-state index in [4.69, 9.17) is 5.73 Å². The smallest absolute Gasteiger partial charge is 0.165 e. The lowest BCUT2D eigenvalue weighted by Gasteiger charge is -2.01. The fourth-order valence-corrected chi connectivity index (χ4v) is 1.49. The summed E-state index contributed by atoms with van der Waals surface area (Å²) in [5.74, 6) is 1.13. The van der Waals surface area contributed by atoms with Crippen molar-refractivity contribution in [2.24, 2.45) is 7.05 Å². The van der Waals surface area contributed by atoms with Crippen LogP contribution in [0.3, 0.4) is 0 Å². The number of aromatic nitrogens is 4. The van der Waals surface area contributed by atoms with Crippen molar-refractivity contribution in [1.29, 1.82) is 0 Å². The van der Waals surface area contributed by atoms with Gasteiger partial charge in [-0.25, -0.2) is 9.97 Å². The van der Waals surface area contributed by atoms with E-state index in [0.29, 0.717) is 11.6 Å². The van der Waals surface area contributed by atoms with Crippen molar-refractivity contribution in [1.82, 2.24) is 19.7 Å². The minimum atomic E-state index is 0.504. The number of nitrogens with zero attached hydrogens (tertiary/aromatic N) is 4. The van der Waals surface area contributed by atoms with Gasteiger partial charge in [-0.2, -0.15) is 5.10 Å². The number of rotatable bonds is 1. The molecular weight excluding hydrogens is 305 g/mol. The first-order valence-electron chi connectivity index (χ1n) is 4.36. The third-order valence-corrected chi connectivity index (χ3v) is 3.08. The molecule has 0 atom stereocenters. The van der Waals surface area contributed by atoms with Crippen molar-refractivity contribution in [2.75, 3.05) is 5.73 Å². The summed E-state index contributed by atoms with van der Waals surface area (Å²) >= 11 is 2.10. The fraction of sp³-hybridized carbons (Fsp3) is 0.222. The van der Waals surface area contributed by atoms with Gasteiger partial charge < -0.3 is 5.73 Å². The zero-order valence-corrected chi connectivity index (χ0v) is 10.6. The summed E-state index contributed by atoms with van der Waals surface area (Å²) in [7, 11) is 1.88. The van der Waals surface area contributed by atoms with E-state index in [1.165, 1.54) is 0 Å². The van der Waals surface area contributed by atoms with E-state index in [0.717, 1.165) is 14.8 Å². The minimum absolute atomic E-state index is 0.504. The van der Waals surface area contributed by atoms with E-state index in [1.807, 2.05) is 14.0 Å². The van der Waals surface area contributed by atoms with Gasteiger partial charge in [-0.3, -0.25) is 4.68 Å². The molecule has 0 saturated carbocycles. The van der Waals surface area contributed by atoms with Crippen molar-refractivity contribution in [3.05, 3.63) is 21.7 Å². The van der Waals surface area contributed by atoms with Gasteiger partial charge in [0.1, 0.15) is 5.82 Å². The third kappa shape index (κ3) is 1.81. The quantitative estimate of drug-likeness (QED) is 0.807. The van der Waals surface area contributed by atoms with Crippen LogP contribution in [0.15, 0.2) is 12.4 Å². The van der Waals surface area contributed by atoms with E-state index in [2.05, 4.69) is 37.7 Å². The number of nitrogen functional groups attached to an aromatic ring is 1. The predicted octanol–water partition coefficient (Wildman–Crippen LogP) is 1.37. The highest BCUT2D eigenvalue weighted by Crippen LogP contribution is 2.20. The van der Waals surface area contributed by atoms with Crippen molar-refractivity contribution >= 4 is 28.4 Å². The van der Waals surface area contributed by atoms with Crippen molar-refractivity contribution in [3.8, 4) is 11.4 Å². The second-order valence-corrected chi connectivity index (χ2v) is 4.36. The van der Waals surface area contributed by atoms with Crippen LogP contribution in [0.4, 0.5) is 5.82 Å². The zero-order valence-electron chi connectivity index (χ0n) is 8.40. The Labute approximate surface area is 101 Å². The third-order valence-electron chi connectivity index (χ3n) is 2.25. The monoisotopic (exact) mass is 315 g/mol. The lowest BCUT2D eigenvalue weighted by molar-refractivity contribution is 0.740. The van der Waals surface area contributed by atoms with Gasteiger partial charge in [0.2, 0.25) is 0 Å². The van der Waals surface area contributed by atoms with Gasteiger partial charge >= 0.3 is 0 Å². The highest BCUT2D eigenvalue weighted by atomic mass is 127. The summed E-state index contributed by atoms with van der Waals surface area (Å²) in [5.41, 5.74) is 7.67. The maximum absolute atomic E-state index is 5.73. The van der Waals surface area contributed by atoms with Gasteiger partial charge in [0.25, 0.3) is 0 Å². The van der Waals surface area contributed by atoms with Crippen LogP contribution in [0.25, 0.3) is 11.4 Å². The Morgan fingerprint density at radius 2 is 2.13 bits per heavy atom. The summed E-state index contributed by atoms with van der Waals surface area (Å²) in [5, 5.41) is 4.14. The summed E-state index contributed by atoms with van der Waals surface area (Å²) in [6.07, 6.45) is 3.46. The first-order chi connectivity index (χ1) is 7.09. The SMILES string of the molecule is Cc1c(-c2ncc(I)c(N)n2)cnn1C. The van der Waals surface area contributed by atoms with Crippen LogP contribution in [0.2, 0.25) is 0 Å². The molecule has 78 valence electrons. The average Bonchev–Trinajstić information content (AvgIpc) is 2.53. The van der Waals surface area contributed by atoms with Crippen molar-refractivity contribution in [3.63, 3.8) is 0 Å². The highest BCUT2D eigenvalue weighted by Gasteiger charge is 2.10. The largest absolute Gasteiger partial charge is 0.383 e. The number of hydrogen-bond donors (Lipinski definition) is 1. The molecule has 0 unspecified atom stereocenters. The van der Waals surface area contributed by atoms with Crippen LogP contribution in [0.1, 0.15) is 5.69 Å². The van der Waals surface area contributed by atoms with Crippen LogP contribution in [0, 0.1) is 10.5 Å². The molecule has 0 bridgehead atoms. The molecule has 0 fully saturated rings. The Balaban J connectivity index is 2.55. The molecule has 2 aromatic rings. The zero-order chi connectivity index (χ0) is 11.0. The van der Waals surface area contributed by atoms with Crippen LogP contribution in [0.5, 0.6) is 0 Å². The first kappa shape index (κ1) is 10.3. The molecule has 2 rings (SSSR count). The number of halogens is 1. The molecular formula is C9H10IN5.